The Labute approximate surface area is 179 Å². The van der Waals surface area contributed by atoms with Gasteiger partial charge in [0.15, 0.2) is 5.96 Å². The number of nitrogens with one attached hydrogen (secondary N) is 2. The average Bonchev–Trinajstić information content (AvgIpc) is 3.19. The summed E-state index contributed by atoms with van der Waals surface area (Å²) in [6.45, 7) is 1.15. The number of nitrogens with two attached hydrogens (primary N) is 1. The molecule has 1 aliphatic rings. The van der Waals surface area contributed by atoms with Gasteiger partial charge in [-0.2, -0.15) is 0 Å². The number of guanidine groups is 1. The highest BCUT2D eigenvalue weighted by molar-refractivity contribution is 5.82. The van der Waals surface area contributed by atoms with Crippen LogP contribution in [0, 0.1) is 23.4 Å². The monoisotopic (exact) mass is 433 g/mol. The van der Waals surface area contributed by atoms with Crippen LogP contribution in [0.3, 0.4) is 0 Å². The highest BCUT2D eigenvalue weighted by atomic mass is 19.1. The maximum absolute atomic E-state index is 14.0. The van der Waals surface area contributed by atoms with Gasteiger partial charge in [-0.25, -0.2) is 13.2 Å². The molecule has 2 aromatic carbocycles. The standard InChI is InChI=1S/C22H26F3N5O/c1-27-22(28-12-15(21(26)31)11-14-5-7-16(23)8-6-14)29-17-9-10-30(13-17)20-18(24)3-2-4-19(20)25/h2-8,15,17H,9-13H2,1H3,(H2,26,31)(H2,27,28,29). The highest BCUT2D eigenvalue weighted by Crippen LogP contribution is 2.26. The molecule has 2 unspecified atom stereocenters. The number of halogens is 3. The Balaban J connectivity index is 1.55. The van der Waals surface area contributed by atoms with Crippen molar-refractivity contribution in [2.75, 3.05) is 31.6 Å². The van der Waals surface area contributed by atoms with Crippen molar-refractivity contribution in [2.24, 2.45) is 16.6 Å². The van der Waals surface area contributed by atoms with Crippen LogP contribution in [0.25, 0.3) is 0 Å². The van der Waals surface area contributed by atoms with Gasteiger partial charge in [0, 0.05) is 32.7 Å². The van der Waals surface area contributed by atoms with Crippen molar-refractivity contribution in [1.82, 2.24) is 10.6 Å². The van der Waals surface area contributed by atoms with Crippen LogP contribution in [0.4, 0.5) is 18.9 Å². The number of anilines is 1. The lowest BCUT2D eigenvalue weighted by atomic mass is 9.98. The first kappa shape index (κ1) is 22.5. The van der Waals surface area contributed by atoms with Gasteiger partial charge in [0.25, 0.3) is 0 Å². The van der Waals surface area contributed by atoms with E-state index in [0.29, 0.717) is 31.9 Å². The molecule has 0 radical (unpaired) electrons. The van der Waals surface area contributed by atoms with E-state index < -0.39 is 23.5 Å². The summed E-state index contributed by atoms with van der Waals surface area (Å²) >= 11 is 0. The molecule has 9 heteroatoms. The van der Waals surface area contributed by atoms with Gasteiger partial charge in [-0.05, 0) is 42.7 Å². The maximum atomic E-state index is 14.0. The van der Waals surface area contributed by atoms with Gasteiger partial charge >= 0.3 is 0 Å². The molecule has 0 aromatic heterocycles. The van der Waals surface area contributed by atoms with Crippen LogP contribution in [0.15, 0.2) is 47.5 Å². The normalized spacial score (nSPS) is 17.5. The Morgan fingerprint density at radius 3 is 2.48 bits per heavy atom. The Morgan fingerprint density at radius 2 is 1.87 bits per heavy atom. The van der Waals surface area contributed by atoms with Crippen LogP contribution in [-0.2, 0) is 11.2 Å². The van der Waals surface area contributed by atoms with Crippen molar-refractivity contribution < 1.29 is 18.0 Å². The van der Waals surface area contributed by atoms with Crippen LogP contribution >= 0.6 is 0 Å². The number of carbonyl (C=O) groups excluding carboxylic acids is 1. The molecule has 6 nitrogen and oxygen atoms in total. The molecule has 1 heterocycles. The second kappa shape index (κ2) is 10.2. The van der Waals surface area contributed by atoms with E-state index in [1.165, 1.54) is 30.3 Å². The molecule has 4 N–H and O–H groups in total. The number of para-hydroxylation sites is 1. The summed E-state index contributed by atoms with van der Waals surface area (Å²) in [4.78, 5) is 17.7. The number of benzene rings is 2. The molecular formula is C22H26F3N5O. The number of aliphatic imine (C=N–C) groups is 1. The maximum Gasteiger partial charge on any atom is 0.222 e. The Morgan fingerprint density at radius 1 is 1.19 bits per heavy atom. The minimum atomic E-state index is -0.590. The van der Waals surface area contributed by atoms with Crippen molar-refractivity contribution in [2.45, 2.75) is 18.9 Å². The molecule has 2 aromatic rings. The molecule has 0 aliphatic carbocycles. The molecule has 1 saturated heterocycles. The van der Waals surface area contributed by atoms with E-state index in [1.807, 2.05) is 0 Å². The zero-order valence-corrected chi connectivity index (χ0v) is 17.2. The van der Waals surface area contributed by atoms with Gasteiger partial charge in [-0.3, -0.25) is 9.79 Å². The molecule has 0 bridgehead atoms. The number of amides is 1. The summed E-state index contributed by atoms with van der Waals surface area (Å²) in [5.41, 5.74) is 6.30. The summed E-state index contributed by atoms with van der Waals surface area (Å²) in [6.07, 6.45) is 1.03. The van der Waals surface area contributed by atoms with Gasteiger partial charge in [-0.1, -0.05) is 18.2 Å². The third-order valence-corrected chi connectivity index (χ3v) is 5.32. The number of hydrogen-bond donors (Lipinski definition) is 3. The largest absolute Gasteiger partial charge is 0.369 e. The summed E-state index contributed by atoms with van der Waals surface area (Å²) in [5.74, 6) is -2.05. The lowest BCUT2D eigenvalue weighted by Crippen LogP contribution is -2.47. The van der Waals surface area contributed by atoms with Gasteiger partial charge in [0.1, 0.15) is 23.1 Å². The number of nitrogens with zero attached hydrogens (tertiary/aromatic N) is 2. The van der Waals surface area contributed by atoms with Gasteiger partial charge in [0.05, 0.1) is 5.92 Å². The second-order valence-corrected chi connectivity index (χ2v) is 7.53. The summed E-state index contributed by atoms with van der Waals surface area (Å²) in [5, 5.41) is 6.30. The van der Waals surface area contributed by atoms with Gasteiger partial charge < -0.3 is 21.3 Å². The molecule has 2 atom stereocenters. The topological polar surface area (TPSA) is 82.7 Å². The van der Waals surface area contributed by atoms with Crippen LogP contribution in [0.5, 0.6) is 0 Å². The summed E-state index contributed by atoms with van der Waals surface area (Å²) in [6, 6.07) is 9.66. The van der Waals surface area contributed by atoms with Crippen LogP contribution in [0.2, 0.25) is 0 Å². The predicted octanol–water partition coefficient (Wildman–Crippen LogP) is 2.19. The summed E-state index contributed by atoms with van der Waals surface area (Å²) in [7, 11) is 1.60. The molecular weight excluding hydrogens is 407 g/mol. The Bertz CT molecular complexity index is 915. The van der Waals surface area contributed by atoms with Crippen molar-refractivity contribution >= 4 is 17.6 Å². The molecule has 1 amide bonds. The molecule has 0 spiro atoms. The van der Waals surface area contributed by atoms with E-state index in [4.69, 9.17) is 5.73 Å². The van der Waals surface area contributed by atoms with Crippen LogP contribution in [0.1, 0.15) is 12.0 Å². The molecule has 0 saturated carbocycles. The van der Waals surface area contributed by atoms with E-state index in [9.17, 15) is 18.0 Å². The third-order valence-electron chi connectivity index (χ3n) is 5.32. The van der Waals surface area contributed by atoms with Crippen LogP contribution < -0.4 is 21.3 Å². The van der Waals surface area contributed by atoms with Gasteiger partial charge in [0.2, 0.25) is 5.91 Å². The average molecular weight is 433 g/mol. The quantitative estimate of drug-likeness (QED) is 0.462. The minimum Gasteiger partial charge on any atom is -0.369 e. The lowest BCUT2D eigenvalue weighted by Gasteiger charge is -2.22. The van der Waals surface area contributed by atoms with E-state index in [2.05, 4.69) is 15.6 Å². The van der Waals surface area contributed by atoms with Crippen molar-refractivity contribution in [1.29, 1.82) is 0 Å². The number of carbonyl (C=O) groups is 1. The summed E-state index contributed by atoms with van der Waals surface area (Å²) < 4.78 is 41.2. The van der Waals surface area contributed by atoms with E-state index in [1.54, 1.807) is 24.1 Å². The molecule has 1 fully saturated rings. The number of primary amides is 1. The van der Waals surface area contributed by atoms with Gasteiger partial charge in [-0.15, -0.1) is 0 Å². The smallest absolute Gasteiger partial charge is 0.222 e. The van der Waals surface area contributed by atoms with Crippen molar-refractivity contribution in [3.05, 3.63) is 65.5 Å². The SMILES string of the molecule is CN=C(NCC(Cc1ccc(F)cc1)C(N)=O)NC1CCN(c2c(F)cccc2F)C1. The van der Waals surface area contributed by atoms with E-state index in [0.717, 1.165) is 5.56 Å². The fraction of sp³-hybridized carbons (Fsp3) is 0.364. The molecule has 1 aliphatic heterocycles. The second-order valence-electron chi connectivity index (χ2n) is 7.53. The first-order chi connectivity index (χ1) is 14.9. The number of rotatable bonds is 7. The number of hydrogen-bond acceptors (Lipinski definition) is 3. The Kier molecular flexibility index (Phi) is 7.38. The minimum absolute atomic E-state index is 0.0252. The molecule has 3 rings (SSSR count). The van der Waals surface area contributed by atoms with E-state index >= 15 is 0 Å². The fourth-order valence-corrected chi connectivity index (χ4v) is 3.66. The lowest BCUT2D eigenvalue weighted by molar-refractivity contribution is -0.121. The highest BCUT2D eigenvalue weighted by Gasteiger charge is 2.27. The first-order valence-electron chi connectivity index (χ1n) is 10.1. The van der Waals surface area contributed by atoms with Crippen LogP contribution in [-0.4, -0.2) is 44.6 Å². The third kappa shape index (κ3) is 5.90. The molecule has 166 valence electrons. The predicted molar refractivity (Wildman–Crippen MR) is 114 cm³/mol. The van der Waals surface area contributed by atoms with Crippen molar-refractivity contribution in [3.8, 4) is 0 Å². The zero-order chi connectivity index (χ0) is 22.4. The Hall–Kier alpha value is -3.23. The molecule has 31 heavy (non-hydrogen) atoms. The fourth-order valence-electron chi connectivity index (χ4n) is 3.66. The van der Waals surface area contributed by atoms with E-state index in [-0.39, 0.29) is 24.1 Å². The van der Waals surface area contributed by atoms with Crippen molar-refractivity contribution in [3.63, 3.8) is 0 Å². The zero-order valence-electron chi connectivity index (χ0n) is 17.2. The first-order valence-corrected chi connectivity index (χ1v) is 10.1.